The molecule has 0 aliphatic heterocycles. The van der Waals surface area contributed by atoms with Crippen molar-refractivity contribution in [1.82, 2.24) is 19.5 Å². The van der Waals surface area contributed by atoms with Crippen molar-refractivity contribution in [3.8, 4) is 17.3 Å². The smallest absolute Gasteiger partial charge is 0.276 e. The van der Waals surface area contributed by atoms with Crippen LogP contribution in [-0.4, -0.2) is 26.6 Å². The van der Waals surface area contributed by atoms with Crippen molar-refractivity contribution in [3.63, 3.8) is 0 Å². The van der Waals surface area contributed by atoms with E-state index in [1.165, 1.54) is 0 Å². The van der Waals surface area contributed by atoms with E-state index in [4.69, 9.17) is 9.26 Å². The Morgan fingerprint density at radius 2 is 2.04 bits per heavy atom. The molecule has 3 heterocycles. The van der Waals surface area contributed by atoms with Gasteiger partial charge in [-0.2, -0.15) is 4.98 Å². The van der Waals surface area contributed by atoms with Crippen LogP contribution in [0.3, 0.4) is 0 Å². The van der Waals surface area contributed by atoms with Crippen LogP contribution in [-0.2, 0) is 6.42 Å². The number of hydrogen-bond acceptors (Lipinski definition) is 5. The molecule has 6 nitrogen and oxygen atoms in total. The first kappa shape index (κ1) is 14.4. The van der Waals surface area contributed by atoms with E-state index >= 15 is 0 Å². The lowest BCUT2D eigenvalue weighted by Gasteiger charge is -2.01. The molecule has 4 aromatic rings. The van der Waals surface area contributed by atoms with Crippen LogP contribution in [0.4, 0.5) is 0 Å². The predicted molar refractivity (Wildman–Crippen MR) is 89.0 cm³/mol. The molecule has 0 amide bonds. The summed E-state index contributed by atoms with van der Waals surface area (Å²) in [5.41, 5.74) is 3.61. The molecule has 1 aromatic carbocycles. The number of methoxy groups -OCH3 is 1. The summed E-state index contributed by atoms with van der Waals surface area (Å²) in [5.74, 6) is 1.92. The lowest BCUT2D eigenvalue weighted by molar-refractivity contribution is 0.413. The number of aryl methyl sites for hydroxylation is 1. The predicted octanol–water partition coefficient (Wildman–Crippen LogP) is 3.29. The maximum Gasteiger partial charge on any atom is 0.276 e. The zero-order valence-corrected chi connectivity index (χ0v) is 13.4. The van der Waals surface area contributed by atoms with Crippen molar-refractivity contribution in [1.29, 1.82) is 0 Å². The maximum atomic E-state index is 5.47. The van der Waals surface area contributed by atoms with E-state index in [1.54, 1.807) is 7.11 Å². The number of rotatable bonds is 4. The van der Waals surface area contributed by atoms with Gasteiger partial charge in [-0.05, 0) is 36.8 Å². The topological polar surface area (TPSA) is 65.5 Å². The highest BCUT2D eigenvalue weighted by Gasteiger charge is 2.17. The fraction of sp³-hybridized carbons (Fsp3) is 0.167. The summed E-state index contributed by atoms with van der Waals surface area (Å²) < 4.78 is 12.7. The van der Waals surface area contributed by atoms with Crippen molar-refractivity contribution in [2.45, 2.75) is 13.3 Å². The third-order valence-corrected chi connectivity index (χ3v) is 3.87. The second kappa shape index (κ2) is 5.81. The largest absolute Gasteiger partial charge is 0.497 e. The molecule has 4 rings (SSSR count). The van der Waals surface area contributed by atoms with Gasteiger partial charge in [-0.1, -0.05) is 23.4 Å². The fourth-order valence-corrected chi connectivity index (χ4v) is 2.76. The monoisotopic (exact) mass is 320 g/mol. The molecule has 0 aliphatic rings. The van der Waals surface area contributed by atoms with E-state index in [0.29, 0.717) is 18.1 Å². The molecule has 24 heavy (non-hydrogen) atoms. The summed E-state index contributed by atoms with van der Waals surface area (Å²) in [6, 6.07) is 13.7. The van der Waals surface area contributed by atoms with Gasteiger partial charge in [-0.15, -0.1) is 0 Å². The minimum absolute atomic E-state index is 0.476. The first-order valence-corrected chi connectivity index (χ1v) is 7.64. The van der Waals surface area contributed by atoms with Crippen molar-refractivity contribution >= 4 is 5.65 Å². The molecule has 0 N–H and O–H groups in total. The van der Waals surface area contributed by atoms with Gasteiger partial charge >= 0.3 is 0 Å². The minimum Gasteiger partial charge on any atom is -0.497 e. The number of benzene rings is 1. The molecule has 0 fully saturated rings. The summed E-state index contributed by atoms with van der Waals surface area (Å²) in [5, 5.41) is 4.10. The Morgan fingerprint density at radius 3 is 2.92 bits per heavy atom. The average molecular weight is 320 g/mol. The fourth-order valence-electron chi connectivity index (χ4n) is 2.76. The highest BCUT2D eigenvalue weighted by atomic mass is 16.5. The Kier molecular flexibility index (Phi) is 3.49. The number of fused-ring (bicyclic) bond motifs is 1. The Morgan fingerprint density at radius 1 is 1.12 bits per heavy atom. The Balaban J connectivity index is 1.68. The first-order valence-electron chi connectivity index (χ1n) is 7.64. The van der Waals surface area contributed by atoms with Crippen molar-refractivity contribution in [2.75, 3.05) is 7.11 Å². The summed E-state index contributed by atoms with van der Waals surface area (Å²) >= 11 is 0. The van der Waals surface area contributed by atoms with Crippen LogP contribution >= 0.6 is 0 Å². The maximum absolute atomic E-state index is 5.47. The summed E-state index contributed by atoms with van der Waals surface area (Å²) in [6.07, 6.45) is 2.52. The second-order valence-corrected chi connectivity index (χ2v) is 5.52. The highest BCUT2D eigenvalue weighted by Crippen LogP contribution is 2.24. The number of imidazole rings is 1. The van der Waals surface area contributed by atoms with E-state index in [1.807, 2.05) is 60.0 Å². The van der Waals surface area contributed by atoms with Gasteiger partial charge in [0.1, 0.15) is 17.1 Å². The zero-order chi connectivity index (χ0) is 16.5. The van der Waals surface area contributed by atoms with Crippen molar-refractivity contribution < 1.29 is 9.26 Å². The molecule has 0 unspecified atom stereocenters. The third-order valence-electron chi connectivity index (χ3n) is 3.87. The van der Waals surface area contributed by atoms with Crippen LogP contribution < -0.4 is 4.74 Å². The first-order chi connectivity index (χ1) is 11.7. The molecule has 0 spiro atoms. The molecular weight excluding hydrogens is 304 g/mol. The van der Waals surface area contributed by atoms with Crippen LogP contribution in [0, 0.1) is 6.92 Å². The normalized spacial score (nSPS) is 11.1. The second-order valence-electron chi connectivity index (χ2n) is 5.52. The van der Waals surface area contributed by atoms with Gasteiger partial charge in [0.25, 0.3) is 5.89 Å². The number of pyridine rings is 1. The van der Waals surface area contributed by atoms with E-state index < -0.39 is 0 Å². The molecule has 6 heteroatoms. The molecule has 0 saturated heterocycles. The quantitative estimate of drug-likeness (QED) is 0.577. The van der Waals surface area contributed by atoms with E-state index in [0.717, 1.165) is 28.3 Å². The summed E-state index contributed by atoms with van der Waals surface area (Å²) in [4.78, 5) is 9.06. The number of aromatic nitrogens is 4. The van der Waals surface area contributed by atoms with Gasteiger partial charge in [0, 0.05) is 12.6 Å². The molecule has 0 atom stereocenters. The van der Waals surface area contributed by atoms with Gasteiger partial charge < -0.3 is 9.26 Å². The van der Waals surface area contributed by atoms with Crippen molar-refractivity contribution in [2.24, 2.45) is 0 Å². The van der Waals surface area contributed by atoms with Crippen LogP contribution in [0.2, 0.25) is 0 Å². The summed E-state index contributed by atoms with van der Waals surface area (Å²) in [7, 11) is 1.65. The van der Waals surface area contributed by atoms with E-state index in [2.05, 4.69) is 15.1 Å². The van der Waals surface area contributed by atoms with Gasteiger partial charge in [0.05, 0.1) is 12.8 Å². The minimum atomic E-state index is 0.476. The molecular formula is C18H16N4O2. The van der Waals surface area contributed by atoms with Crippen molar-refractivity contribution in [3.05, 3.63) is 65.7 Å². The van der Waals surface area contributed by atoms with Crippen LogP contribution in [0.25, 0.3) is 17.2 Å². The Labute approximate surface area is 138 Å². The Hall–Kier alpha value is -3.15. The SMILES string of the molecule is COc1cccc(Cc2noc(-c3c(C)nc4ccccn34)n2)c1. The molecule has 0 bridgehead atoms. The average Bonchev–Trinajstić information content (AvgIpc) is 3.17. The van der Waals surface area contributed by atoms with E-state index in [9.17, 15) is 0 Å². The number of hydrogen-bond donors (Lipinski definition) is 0. The van der Waals surface area contributed by atoms with Crippen LogP contribution in [0.1, 0.15) is 17.1 Å². The van der Waals surface area contributed by atoms with Gasteiger partial charge in [-0.3, -0.25) is 4.40 Å². The molecule has 120 valence electrons. The van der Waals surface area contributed by atoms with Gasteiger partial charge in [0.2, 0.25) is 0 Å². The summed E-state index contributed by atoms with van der Waals surface area (Å²) in [6.45, 7) is 1.94. The zero-order valence-electron chi connectivity index (χ0n) is 13.4. The van der Waals surface area contributed by atoms with Crippen LogP contribution in [0.5, 0.6) is 5.75 Å². The number of nitrogens with zero attached hydrogens (tertiary/aromatic N) is 4. The van der Waals surface area contributed by atoms with Crippen LogP contribution in [0.15, 0.2) is 53.2 Å². The van der Waals surface area contributed by atoms with E-state index in [-0.39, 0.29) is 0 Å². The molecule has 0 saturated carbocycles. The lowest BCUT2D eigenvalue weighted by Crippen LogP contribution is -1.93. The standard InChI is InChI=1S/C18H16N4O2/c1-12-17(22-9-4-3-8-16(22)19-12)18-20-15(21-24-18)11-13-6-5-7-14(10-13)23-2/h3-10H,11H2,1-2H3. The highest BCUT2D eigenvalue weighted by molar-refractivity contribution is 5.59. The third kappa shape index (κ3) is 2.52. The Bertz CT molecular complexity index is 1000. The molecule has 0 aliphatic carbocycles. The van der Waals surface area contributed by atoms with Gasteiger partial charge in [-0.25, -0.2) is 4.98 Å². The number of ether oxygens (including phenoxy) is 1. The van der Waals surface area contributed by atoms with Gasteiger partial charge in [0.15, 0.2) is 5.82 Å². The lowest BCUT2D eigenvalue weighted by atomic mass is 10.1. The molecule has 3 aromatic heterocycles. The molecule has 0 radical (unpaired) electrons.